The van der Waals surface area contributed by atoms with Gasteiger partial charge in [0.1, 0.15) is 5.82 Å². The molecular formula is C24H37Cl2N3O2-2. The molecule has 5 nitrogen and oxygen atoms in total. The predicted octanol–water partition coefficient (Wildman–Crippen LogP) is -2.80. The van der Waals surface area contributed by atoms with Gasteiger partial charge in [0, 0.05) is 45.5 Å². The standard InChI is InChI=1S/C24H37N3O2.2ClH/c28-22(17-26-6-8-27(9-7-26)23-3-1-2-5-25-23)18-29-10-4-24-14-19-11-20(15-24)13-21(12-19)16-24;;/h1-3,5,19-22,28H,4,6-18H2;2*1H/p-2. The molecule has 7 heteroatoms. The van der Waals surface area contributed by atoms with Crippen molar-refractivity contribution in [2.45, 2.75) is 51.0 Å². The topological polar surface area (TPSA) is 48.8 Å². The summed E-state index contributed by atoms with van der Waals surface area (Å²) in [6, 6.07) is 6.07. The number of anilines is 1. The minimum atomic E-state index is -0.382. The van der Waals surface area contributed by atoms with E-state index < -0.39 is 0 Å². The molecule has 1 saturated heterocycles. The average molecular weight is 470 g/mol. The average Bonchev–Trinajstić information content (AvgIpc) is 2.71. The highest BCUT2D eigenvalue weighted by Gasteiger charge is 2.50. The molecule has 5 fully saturated rings. The number of pyridine rings is 1. The lowest BCUT2D eigenvalue weighted by atomic mass is 9.49. The zero-order chi connectivity index (χ0) is 19.7. The van der Waals surface area contributed by atoms with Gasteiger partial charge in [-0.1, -0.05) is 6.07 Å². The largest absolute Gasteiger partial charge is 1.00 e. The summed E-state index contributed by atoms with van der Waals surface area (Å²) in [6.07, 6.45) is 11.6. The Bertz CT molecular complexity index is 635. The predicted molar refractivity (Wildman–Crippen MR) is 115 cm³/mol. The third-order valence-corrected chi connectivity index (χ3v) is 8.07. The molecule has 31 heavy (non-hydrogen) atoms. The Morgan fingerprint density at radius 1 is 1.00 bits per heavy atom. The third-order valence-electron chi connectivity index (χ3n) is 8.07. The van der Waals surface area contributed by atoms with E-state index in [0.717, 1.165) is 56.4 Å². The molecule has 5 aliphatic rings. The van der Waals surface area contributed by atoms with Crippen molar-refractivity contribution in [1.82, 2.24) is 9.88 Å². The fourth-order valence-corrected chi connectivity index (χ4v) is 7.16. The molecular weight excluding hydrogens is 433 g/mol. The molecule has 1 N–H and O–H groups in total. The monoisotopic (exact) mass is 469 g/mol. The van der Waals surface area contributed by atoms with Gasteiger partial charge < -0.3 is 39.6 Å². The number of β-amino-alcohol motifs (C(OH)–C–C–N with tert-alkyl or cyclic N) is 1. The number of nitrogens with zero attached hydrogens (tertiary/aromatic N) is 3. The van der Waals surface area contributed by atoms with Crippen molar-refractivity contribution in [2.75, 3.05) is 50.8 Å². The maximum Gasteiger partial charge on any atom is 0.128 e. The Morgan fingerprint density at radius 3 is 2.23 bits per heavy atom. The normalized spacial score (nSPS) is 32.9. The van der Waals surface area contributed by atoms with Crippen molar-refractivity contribution in [3.63, 3.8) is 0 Å². The van der Waals surface area contributed by atoms with Gasteiger partial charge in [0.05, 0.1) is 12.7 Å². The van der Waals surface area contributed by atoms with E-state index in [1.165, 1.54) is 44.9 Å². The molecule has 1 aromatic rings. The summed E-state index contributed by atoms with van der Waals surface area (Å²) >= 11 is 0. The van der Waals surface area contributed by atoms with E-state index in [1.807, 2.05) is 18.3 Å². The van der Waals surface area contributed by atoms with E-state index >= 15 is 0 Å². The van der Waals surface area contributed by atoms with E-state index in [0.29, 0.717) is 18.6 Å². The molecule has 2 heterocycles. The van der Waals surface area contributed by atoms with Crippen LogP contribution in [0, 0.1) is 23.2 Å². The number of hydrogen-bond donors (Lipinski definition) is 1. The van der Waals surface area contributed by atoms with Crippen LogP contribution in [-0.2, 0) is 4.74 Å². The molecule has 0 amide bonds. The van der Waals surface area contributed by atoms with Gasteiger partial charge in [0.2, 0.25) is 0 Å². The molecule has 0 radical (unpaired) electrons. The first-order valence-corrected chi connectivity index (χ1v) is 11.8. The molecule has 4 bridgehead atoms. The summed E-state index contributed by atoms with van der Waals surface area (Å²) in [7, 11) is 0. The maximum atomic E-state index is 10.5. The summed E-state index contributed by atoms with van der Waals surface area (Å²) < 4.78 is 5.97. The minimum Gasteiger partial charge on any atom is -1.00 e. The molecule has 1 aromatic heterocycles. The Morgan fingerprint density at radius 2 is 1.65 bits per heavy atom. The Balaban J connectivity index is 0.00000136. The second kappa shape index (κ2) is 11.0. The number of aliphatic hydroxyl groups is 1. The van der Waals surface area contributed by atoms with Gasteiger partial charge in [-0.15, -0.1) is 0 Å². The molecule has 1 atom stereocenters. The minimum absolute atomic E-state index is 0. The van der Waals surface area contributed by atoms with Crippen LogP contribution in [0.3, 0.4) is 0 Å². The third kappa shape index (κ3) is 6.05. The number of piperazine rings is 1. The highest BCUT2D eigenvalue weighted by atomic mass is 35.5. The van der Waals surface area contributed by atoms with Crippen LogP contribution in [0.5, 0.6) is 0 Å². The Kier molecular flexibility index (Phi) is 8.90. The fourth-order valence-electron chi connectivity index (χ4n) is 7.16. The lowest BCUT2D eigenvalue weighted by Gasteiger charge is -2.57. The zero-order valence-electron chi connectivity index (χ0n) is 18.5. The van der Waals surface area contributed by atoms with E-state index in [4.69, 9.17) is 4.74 Å². The van der Waals surface area contributed by atoms with Gasteiger partial charge in [0.25, 0.3) is 0 Å². The van der Waals surface area contributed by atoms with Gasteiger partial charge in [-0.25, -0.2) is 4.98 Å². The van der Waals surface area contributed by atoms with Crippen LogP contribution in [0.1, 0.15) is 44.9 Å². The number of hydrogen-bond acceptors (Lipinski definition) is 5. The smallest absolute Gasteiger partial charge is 0.128 e. The van der Waals surface area contributed by atoms with Gasteiger partial charge >= 0.3 is 0 Å². The zero-order valence-corrected chi connectivity index (χ0v) is 20.0. The molecule has 176 valence electrons. The summed E-state index contributed by atoms with van der Waals surface area (Å²) in [6.45, 7) is 5.91. The first-order chi connectivity index (χ1) is 14.2. The molecule has 6 rings (SSSR count). The van der Waals surface area contributed by atoms with Crippen LogP contribution in [0.2, 0.25) is 0 Å². The van der Waals surface area contributed by atoms with Crippen LogP contribution < -0.4 is 29.7 Å². The SMILES string of the molecule is OC(COCCC12CC3CC(CC(C3)C1)C2)CN1CCN(c2ccccn2)CC1.[Cl-].[Cl-]. The second-order valence-electron chi connectivity index (χ2n) is 10.4. The molecule has 0 aromatic carbocycles. The number of halogens is 2. The first-order valence-electron chi connectivity index (χ1n) is 11.8. The molecule has 0 spiro atoms. The van der Waals surface area contributed by atoms with Gasteiger partial charge in [0.15, 0.2) is 0 Å². The summed E-state index contributed by atoms with van der Waals surface area (Å²) in [5.74, 6) is 4.09. The quantitative estimate of drug-likeness (QED) is 0.416. The second-order valence-corrected chi connectivity index (χ2v) is 10.4. The van der Waals surface area contributed by atoms with Crippen molar-refractivity contribution in [1.29, 1.82) is 0 Å². The van der Waals surface area contributed by atoms with Crippen molar-refractivity contribution < 1.29 is 34.7 Å². The van der Waals surface area contributed by atoms with Crippen molar-refractivity contribution in [3.8, 4) is 0 Å². The van der Waals surface area contributed by atoms with Crippen LogP contribution in [0.4, 0.5) is 5.82 Å². The first kappa shape index (κ1) is 25.0. The summed E-state index contributed by atoms with van der Waals surface area (Å²) in [5, 5.41) is 10.5. The molecule has 4 saturated carbocycles. The van der Waals surface area contributed by atoms with E-state index in [2.05, 4.69) is 20.9 Å². The lowest BCUT2D eigenvalue weighted by Crippen LogP contribution is -3.00. The Hall–Kier alpha value is -0.590. The van der Waals surface area contributed by atoms with Crippen LogP contribution in [0.15, 0.2) is 24.4 Å². The lowest BCUT2D eigenvalue weighted by molar-refractivity contribution is -0.0741. The summed E-state index contributed by atoms with van der Waals surface area (Å²) in [5.41, 5.74) is 0.585. The van der Waals surface area contributed by atoms with Crippen LogP contribution >= 0.6 is 0 Å². The highest BCUT2D eigenvalue weighted by molar-refractivity contribution is 5.38. The van der Waals surface area contributed by atoms with Crippen LogP contribution in [0.25, 0.3) is 0 Å². The van der Waals surface area contributed by atoms with E-state index in [9.17, 15) is 5.11 Å². The number of aliphatic hydroxyl groups excluding tert-OH is 1. The van der Waals surface area contributed by atoms with Gasteiger partial charge in [-0.2, -0.15) is 0 Å². The van der Waals surface area contributed by atoms with E-state index in [-0.39, 0.29) is 30.9 Å². The van der Waals surface area contributed by atoms with E-state index in [1.54, 1.807) is 0 Å². The highest BCUT2D eigenvalue weighted by Crippen LogP contribution is 2.61. The number of ether oxygens (including phenoxy) is 1. The molecule has 1 unspecified atom stereocenters. The summed E-state index contributed by atoms with van der Waals surface area (Å²) in [4.78, 5) is 9.12. The maximum absolute atomic E-state index is 10.5. The number of aromatic nitrogens is 1. The van der Waals surface area contributed by atoms with Crippen molar-refractivity contribution in [2.24, 2.45) is 23.2 Å². The Labute approximate surface area is 199 Å². The number of rotatable bonds is 8. The fraction of sp³-hybridized carbons (Fsp3) is 0.792. The van der Waals surface area contributed by atoms with Crippen LogP contribution in [-0.4, -0.2) is 67.0 Å². The van der Waals surface area contributed by atoms with Gasteiger partial charge in [-0.05, 0) is 80.2 Å². The van der Waals surface area contributed by atoms with Gasteiger partial charge in [-0.3, -0.25) is 4.90 Å². The molecule has 4 aliphatic carbocycles. The van der Waals surface area contributed by atoms with Crippen molar-refractivity contribution in [3.05, 3.63) is 24.4 Å². The van der Waals surface area contributed by atoms with Crippen molar-refractivity contribution >= 4 is 5.82 Å². The molecule has 1 aliphatic heterocycles.